The van der Waals surface area contributed by atoms with Crippen molar-refractivity contribution in [3.05, 3.63) is 59.3 Å². The fourth-order valence-electron chi connectivity index (χ4n) is 13.6. The third-order valence-electron chi connectivity index (χ3n) is 15.8. The number of hydrogen-bond donors (Lipinski definition) is 3. The lowest BCUT2D eigenvalue weighted by Gasteiger charge is -2.53. The fourth-order valence-corrected chi connectivity index (χ4v) is 13.6. The second-order valence-electron chi connectivity index (χ2n) is 18.7. The molecule has 1 aromatic heterocycles. The lowest BCUT2D eigenvalue weighted by Crippen LogP contribution is -2.61. The number of phenolic OH excluding ortho intramolecular Hbond substituents is 1. The minimum atomic E-state index is -0.865. The van der Waals surface area contributed by atoms with E-state index in [9.17, 15) is 19.5 Å². The third kappa shape index (κ3) is 7.07. The number of aromatic hydroxyl groups is 1. The van der Waals surface area contributed by atoms with Gasteiger partial charge in [0.05, 0.1) is 5.54 Å². The molecule has 1 aromatic carbocycles. The highest BCUT2D eigenvalue weighted by atomic mass is 16.3. The van der Waals surface area contributed by atoms with Gasteiger partial charge < -0.3 is 5.11 Å². The van der Waals surface area contributed by atoms with Gasteiger partial charge in [0.25, 0.3) is 0 Å². The van der Waals surface area contributed by atoms with Crippen molar-refractivity contribution < 1.29 is 5.11 Å². The number of nitrogens with zero attached hydrogens (tertiary/aromatic N) is 1. The molecule has 6 aliphatic carbocycles. The zero-order chi connectivity index (χ0) is 36.4. The Hall–Kier alpha value is -2.57. The minimum Gasteiger partial charge on any atom is -0.507 e. The van der Waals surface area contributed by atoms with Crippen molar-refractivity contribution in [2.45, 2.75) is 222 Å². The highest BCUT2D eigenvalue weighted by Gasteiger charge is 2.55. The van der Waals surface area contributed by atoms with Crippen molar-refractivity contribution in [3.63, 3.8) is 0 Å². The first-order valence-corrected chi connectivity index (χ1v) is 22.9. The molecule has 7 heteroatoms. The molecule has 0 amide bonds. The predicted molar refractivity (Wildman–Crippen MR) is 214 cm³/mol. The van der Waals surface area contributed by atoms with E-state index in [1.54, 1.807) is 4.57 Å². The van der Waals surface area contributed by atoms with Gasteiger partial charge in [0.15, 0.2) is 0 Å². The van der Waals surface area contributed by atoms with E-state index in [0.717, 1.165) is 103 Å². The van der Waals surface area contributed by atoms with Crippen LogP contribution >= 0.6 is 0 Å². The van der Waals surface area contributed by atoms with Crippen LogP contribution in [0.25, 0.3) is 0 Å². The topological polar surface area (TPSA) is 108 Å². The Morgan fingerprint density at radius 2 is 0.698 bits per heavy atom. The van der Waals surface area contributed by atoms with Crippen LogP contribution in [0.15, 0.2) is 14.4 Å². The number of hydrogen-bond acceptors (Lipinski definition) is 4. The van der Waals surface area contributed by atoms with Crippen LogP contribution in [0.5, 0.6) is 5.75 Å². The van der Waals surface area contributed by atoms with Gasteiger partial charge in [-0.05, 0) is 129 Å². The molecule has 0 spiro atoms. The molecule has 7 nitrogen and oxygen atoms in total. The number of aromatic amines is 2. The first kappa shape index (κ1) is 37.4. The first-order chi connectivity index (χ1) is 26.0. The molecule has 6 saturated carbocycles. The third-order valence-corrected chi connectivity index (χ3v) is 15.8. The number of benzene rings is 1. The molecule has 0 saturated heterocycles. The Labute approximate surface area is 317 Å². The Morgan fingerprint density at radius 3 is 1.02 bits per heavy atom. The molecule has 8 rings (SSSR count). The summed E-state index contributed by atoms with van der Waals surface area (Å²) in [5, 5.41) is 13.4. The van der Waals surface area contributed by atoms with Crippen molar-refractivity contribution >= 4 is 0 Å². The maximum atomic E-state index is 14.8. The molecule has 53 heavy (non-hydrogen) atoms. The van der Waals surface area contributed by atoms with Crippen LogP contribution in [-0.4, -0.2) is 19.6 Å². The van der Waals surface area contributed by atoms with Crippen LogP contribution in [-0.2, 0) is 5.54 Å². The molecule has 3 N–H and O–H groups in total. The van der Waals surface area contributed by atoms with Crippen molar-refractivity contribution in [2.24, 2.45) is 11.8 Å². The van der Waals surface area contributed by atoms with Gasteiger partial charge in [0.1, 0.15) is 5.75 Å². The standard InChI is InChI=1S/C46H69N3O4/c50-42-39(33-23-11-3-12-24-33)37(31-19-7-1-8-20-31)41(38(32-21-9-2-10-22-32)40(42)34-25-13-4-14-26-34)46(35-27-15-5-16-28-35,36-29-17-6-18-30-36)49-44(52)47-43(51)48-45(49)53/h31-36,50H,1-30H2,(H2,47,48,51,52,53). The molecular formula is C46H69N3O4. The highest BCUT2D eigenvalue weighted by Crippen LogP contribution is 2.61. The van der Waals surface area contributed by atoms with Gasteiger partial charge in [0, 0.05) is 11.1 Å². The maximum Gasteiger partial charge on any atom is 0.334 e. The van der Waals surface area contributed by atoms with Crippen LogP contribution in [0.3, 0.4) is 0 Å². The van der Waals surface area contributed by atoms with E-state index >= 15 is 0 Å². The molecule has 6 aliphatic rings. The van der Waals surface area contributed by atoms with E-state index < -0.39 is 22.6 Å². The summed E-state index contributed by atoms with van der Waals surface area (Å²) in [4.78, 5) is 47.8. The molecule has 0 unspecified atom stereocenters. The van der Waals surface area contributed by atoms with Crippen LogP contribution in [0, 0.1) is 11.8 Å². The molecule has 2 aromatic rings. The summed E-state index contributed by atoms with van der Waals surface area (Å²) >= 11 is 0. The van der Waals surface area contributed by atoms with Crippen molar-refractivity contribution in [3.8, 4) is 5.75 Å². The van der Waals surface area contributed by atoms with E-state index in [2.05, 4.69) is 9.97 Å². The Morgan fingerprint density at radius 1 is 0.415 bits per heavy atom. The van der Waals surface area contributed by atoms with E-state index in [1.165, 1.54) is 118 Å². The fraction of sp³-hybridized carbons (Fsp3) is 0.804. The highest BCUT2D eigenvalue weighted by molar-refractivity contribution is 5.63. The number of aromatic nitrogens is 3. The average molecular weight is 728 g/mol. The summed E-state index contributed by atoms with van der Waals surface area (Å²) in [6, 6.07) is 0. The van der Waals surface area contributed by atoms with Gasteiger partial charge in [-0.15, -0.1) is 0 Å². The van der Waals surface area contributed by atoms with Crippen molar-refractivity contribution in [1.82, 2.24) is 14.5 Å². The van der Waals surface area contributed by atoms with Crippen LogP contribution in [0.1, 0.15) is 244 Å². The Balaban J connectivity index is 1.59. The van der Waals surface area contributed by atoms with Gasteiger partial charge in [-0.1, -0.05) is 116 Å². The molecule has 0 aliphatic heterocycles. The van der Waals surface area contributed by atoms with E-state index in [0.29, 0.717) is 29.4 Å². The normalized spacial score (nSPS) is 24.5. The summed E-state index contributed by atoms with van der Waals surface area (Å²) in [6.07, 6.45) is 34.2. The number of phenols is 1. The molecule has 0 radical (unpaired) electrons. The van der Waals surface area contributed by atoms with E-state index in [4.69, 9.17) is 0 Å². The number of nitrogens with one attached hydrogen (secondary N) is 2. The molecule has 6 fully saturated rings. The number of rotatable bonds is 8. The van der Waals surface area contributed by atoms with E-state index in [1.807, 2.05) is 0 Å². The second-order valence-corrected chi connectivity index (χ2v) is 18.7. The second kappa shape index (κ2) is 16.7. The molecule has 0 atom stereocenters. The van der Waals surface area contributed by atoms with Crippen LogP contribution < -0.4 is 17.1 Å². The Bertz CT molecular complexity index is 1600. The SMILES string of the molecule is O=c1[nH]c(=O)n(C(c2c(C3CCCCC3)c(C3CCCCC3)c(O)c(C3CCCCC3)c2C2CCCCC2)(C2CCCCC2)C2CCCCC2)c(=O)[nH]1. The maximum absolute atomic E-state index is 14.8. The monoisotopic (exact) mass is 728 g/mol. The zero-order valence-corrected chi connectivity index (χ0v) is 32.8. The smallest absolute Gasteiger partial charge is 0.334 e. The average Bonchev–Trinajstić information content (AvgIpc) is 3.21. The predicted octanol–water partition coefficient (Wildman–Crippen LogP) is 11.0. The molecule has 292 valence electrons. The lowest BCUT2D eigenvalue weighted by atomic mass is 9.55. The molecular weight excluding hydrogens is 659 g/mol. The Kier molecular flexibility index (Phi) is 11.7. The van der Waals surface area contributed by atoms with Crippen LogP contribution in [0.2, 0.25) is 0 Å². The zero-order valence-electron chi connectivity index (χ0n) is 32.8. The summed E-state index contributed by atoms with van der Waals surface area (Å²) in [5.74, 6) is 2.12. The van der Waals surface area contributed by atoms with Crippen molar-refractivity contribution in [2.75, 3.05) is 0 Å². The van der Waals surface area contributed by atoms with Gasteiger partial charge >= 0.3 is 17.1 Å². The number of H-pyrrole nitrogens is 2. The summed E-state index contributed by atoms with van der Waals surface area (Å²) in [7, 11) is 0. The molecule has 0 bridgehead atoms. The summed E-state index contributed by atoms with van der Waals surface area (Å²) in [6.45, 7) is 0. The first-order valence-electron chi connectivity index (χ1n) is 22.9. The van der Waals surface area contributed by atoms with Gasteiger partial charge in [-0.25, -0.2) is 19.0 Å². The quantitative estimate of drug-likeness (QED) is 0.251. The van der Waals surface area contributed by atoms with Gasteiger partial charge in [-0.2, -0.15) is 0 Å². The van der Waals surface area contributed by atoms with E-state index in [-0.39, 0.29) is 11.8 Å². The minimum absolute atomic E-state index is 0.122. The van der Waals surface area contributed by atoms with Crippen LogP contribution in [0.4, 0.5) is 0 Å². The largest absolute Gasteiger partial charge is 0.507 e. The molecule has 1 heterocycles. The summed E-state index contributed by atoms with van der Waals surface area (Å²) < 4.78 is 1.65. The van der Waals surface area contributed by atoms with Crippen molar-refractivity contribution in [1.29, 1.82) is 0 Å². The van der Waals surface area contributed by atoms with Gasteiger partial charge in [-0.3, -0.25) is 9.97 Å². The lowest BCUT2D eigenvalue weighted by molar-refractivity contribution is 0.0583. The van der Waals surface area contributed by atoms with Gasteiger partial charge in [0.2, 0.25) is 0 Å². The summed E-state index contributed by atoms with van der Waals surface area (Å²) in [5.41, 5.74) is 4.02.